The van der Waals surface area contributed by atoms with Crippen LogP contribution in [0.1, 0.15) is 39.2 Å². The summed E-state index contributed by atoms with van der Waals surface area (Å²) < 4.78 is 0. The molecule has 1 aromatic rings. The van der Waals surface area contributed by atoms with Crippen LogP contribution in [0.15, 0.2) is 12.1 Å². The Kier molecular flexibility index (Phi) is 5.13. The third-order valence-electron chi connectivity index (χ3n) is 3.00. The van der Waals surface area contributed by atoms with Gasteiger partial charge in [0.15, 0.2) is 0 Å². The normalized spacial score (nSPS) is 12.8. The van der Waals surface area contributed by atoms with Gasteiger partial charge in [-0.05, 0) is 50.3 Å². The average Bonchev–Trinajstić information content (AvgIpc) is 2.27. The van der Waals surface area contributed by atoms with Crippen LogP contribution in [0.2, 0.25) is 5.02 Å². The lowest BCUT2D eigenvalue weighted by Crippen LogP contribution is -2.17. The number of nitrogens with one attached hydrogen (secondary N) is 1. The van der Waals surface area contributed by atoms with Gasteiger partial charge in [0, 0.05) is 11.1 Å². The Morgan fingerprint density at radius 3 is 2.47 bits per heavy atom. The molecular formula is C14H23ClN2. The molecule has 0 radical (unpaired) electrons. The van der Waals surface area contributed by atoms with Gasteiger partial charge in [-0.25, -0.2) is 0 Å². The zero-order chi connectivity index (χ0) is 13.0. The summed E-state index contributed by atoms with van der Waals surface area (Å²) >= 11 is 6.10. The Morgan fingerprint density at radius 1 is 1.24 bits per heavy atom. The van der Waals surface area contributed by atoms with Gasteiger partial charge in [-0.3, -0.25) is 0 Å². The van der Waals surface area contributed by atoms with Gasteiger partial charge in [-0.2, -0.15) is 0 Å². The average molecular weight is 255 g/mol. The minimum atomic E-state index is 0.414. The molecule has 0 amide bonds. The summed E-state index contributed by atoms with van der Waals surface area (Å²) in [5, 5.41) is 4.23. The summed E-state index contributed by atoms with van der Waals surface area (Å²) in [4.78, 5) is 0. The first kappa shape index (κ1) is 14.2. The van der Waals surface area contributed by atoms with Crippen LogP contribution in [0.4, 0.5) is 11.4 Å². The van der Waals surface area contributed by atoms with Gasteiger partial charge >= 0.3 is 0 Å². The lowest BCUT2D eigenvalue weighted by atomic mass is 10.0. The van der Waals surface area contributed by atoms with Crippen molar-refractivity contribution in [3.8, 4) is 0 Å². The lowest BCUT2D eigenvalue weighted by molar-refractivity contribution is 0.527. The molecule has 96 valence electrons. The van der Waals surface area contributed by atoms with Crippen molar-refractivity contribution >= 4 is 23.0 Å². The zero-order valence-corrected chi connectivity index (χ0v) is 11.9. The second-order valence-corrected chi connectivity index (χ2v) is 5.56. The quantitative estimate of drug-likeness (QED) is 0.761. The van der Waals surface area contributed by atoms with E-state index < -0.39 is 0 Å². The molecule has 2 nitrogen and oxygen atoms in total. The molecule has 0 spiro atoms. The van der Waals surface area contributed by atoms with Crippen LogP contribution >= 0.6 is 11.6 Å². The minimum absolute atomic E-state index is 0.414. The smallest absolute Gasteiger partial charge is 0.0620 e. The van der Waals surface area contributed by atoms with E-state index in [0.717, 1.165) is 34.3 Å². The van der Waals surface area contributed by atoms with Gasteiger partial charge in [0.2, 0.25) is 0 Å². The van der Waals surface area contributed by atoms with Gasteiger partial charge in [-0.1, -0.05) is 25.4 Å². The fraction of sp³-hybridized carbons (Fsp3) is 0.571. The van der Waals surface area contributed by atoms with Gasteiger partial charge < -0.3 is 11.1 Å². The predicted octanol–water partition coefficient (Wildman–Crippen LogP) is 4.47. The largest absolute Gasteiger partial charge is 0.397 e. The van der Waals surface area contributed by atoms with E-state index >= 15 is 0 Å². The molecular weight excluding hydrogens is 232 g/mol. The molecule has 0 heterocycles. The summed E-state index contributed by atoms with van der Waals surface area (Å²) in [6.07, 6.45) is 2.36. The number of anilines is 2. The van der Waals surface area contributed by atoms with E-state index in [2.05, 4.69) is 26.1 Å². The first-order valence-corrected chi connectivity index (χ1v) is 6.60. The highest BCUT2D eigenvalue weighted by Gasteiger charge is 2.10. The number of hydrogen-bond acceptors (Lipinski definition) is 2. The van der Waals surface area contributed by atoms with Crippen molar-refractivity contribution in [2.75, 3.05) is 11.1 Å². The Morgan fingerprint density at radius 2 is 1.88 bits per heavy atom. The summed E-state index contributed by atoms with van der Waals surface area (Å²) in [6, 6.07) is 4.11. The number of nitrogens with two attached hydrogens (primary N) is 1. The molecule has 1 aromatic carbocycles. The van der Waals surface area contributed by atoms with Gasteiger partial charge in [0.1, 0.15) is 0 Å². The van der Waals surface area contributed by atoms with Gasteiger partial charge in [0.25, 0.3) is 0 Å². The van der Waals surface area contributed by atoms with E-state index in [1.165, 1.54) is 6.42 Å². The molecule has 0 saturated carbocycles. The Hall–Kier alpha value is -0.890. The van der Waals surface area contributed by atoms with Crippen molar-refractivity contribution in [2.24, 2.45) is 5.92 Å². The van der Waals surface area contributed by atoms with Crippen LogP contribution in [0, 0.1) is 12.8 Å². The molecule has 0 aliphatic heterocycles. The Balaban J connectivity index is 2.71. The number of nitrogen functional groups attached to an aromatic ring is 1. The third-order valence-corrected chi connectivity index (χ3v) is 3.41. The lowest BCUT2D eigenvalue weighted by Gasteiger charge is -2.20. The molecule has 1 atom stereocenters. The van der Waals surface area contributed by atoms with Crippen molar-refractivity contribution in [3.63, 3.8) is 0 Å². The van der Waals surface area contributed by atoms with Crippen molar-refractivity contribution < 1.29 is 0 Å². The second-order valence-electron chi connectivity index (χ2n) is 5.15. The molecule has 0 saturated heterocycles. The molecule has 3 N–H and O–H groups in total. The molecule has 0 aliphatic carbocycles. The zero-order valence-electron chi connectivity index (χ0n) is 11.2. The number of halogens is 1. The predicted molar refractivity (Wildman–Crippen MR) is 77.8 cm³/mol. The second kappa shape index (κ2) is 6.15. The third kappa shape index (κ3) is 4.12. The highest BCUT2D eigenvalue weighted by Crippen LogP contribution is 2.30. The maximum absolute atomic E-state index is 6.10. The first-order valence-electron chi connectivity index (χ1n) is 6.23. The summed E-state index contributed by atoms with van der Waals surface area (Å²) in [6.45, 7) is 8.66. The number of rotatable bonds is 5. The standard InChI is InChI=1S/C14H23ClN2/c1-9(2)5-6-10(3)17-14-11(4)12(15)7-8-13(14)16/h7-10,17H,5-6,16H2,1-4H3. The maximum Gasteiger partial charge on any atom is 0.0620 e. The SMILES string of the molecule is Cc1c(Cl)ccc(N)c1NC(C)CCC(C)C. The summed E-state index contributed by atoms with van der Waals surface area (Å²) in [7, 11) is 0. The number of benzene rings is 1. The Bertz CT molecular complexity index is 375. The topological polar surface area (TPSA) is 38.0 Å². The van der Waals surface area contributed by atoms with Gasteiger partial charge in [0.05, 0.1) is 11.4 Å². The summed E-state index contributed by atoms with van der Waals surface area (Å²) in [5.74, 6) is 0.733. The van der Waals surface area contributed by atoms with E-state index in [1.807, 2.05) is 19.1 Å². The molecule has 1 unspecified atom stereocenters. The fourth-order valence-electron chi connectivity index (χ4n) is 1.80. The van der Waals surface area contributed by atoms with Crippen LogP contribution in [0.3, 0.4) is 0 Å². The van der Waals surface area contributed by atoms with E-state index in [4.69, 9.17) is 17.3 Å². The summed E-state index contributed by atoms with van der Waals surface area (Å²) in [5.41, 5.74) is 8.75. The van der Waals surface area contributed by atoms with E-state index in [1.54, 1.807) is 0 Å². The number of hydrogen-bond donors (Lipinski definition) is 2. The van der Waals surface area contributed by atoms with E-state index in [0.29, 0.717) is 6.04 Å². The first-order chi connectivity index (χ1) is 7.91. The molecule has 1 rings (SSSR count). The van der Waals surface area contributed by atoms with Crippen molar-refractivity contribution in [1.82, 2.24) is 0 Å². The van der Waals surface area contributed by atoms with Crippen molar-refractivity contribution in [1.29, 1.82) is 0 Å². The van der Waals surface area contributed by atoms with Crippen LogP contribution in [-0.4, -0.2) is 6.04 Å². The maximum atomic E-state index is 6.10. The molecule has 3 heteroatoms. The minimum Gasteiger partial charge on any atom is -0.397 e. The van der Waals surface area contributed by atoms with E-state index in [-0.39, 0.29) is 0 Å². The Labute approximate surface area is 110 Å². The molecule has 0 aliphatic rings. The van der Waals surface area contributed by atoms with Gasteiger partial charge in [-0.15, -0.1) is 0 Å². The van der Waals surface area contributed by atoms with Crippen LogP contribution in [0.5, 0.6) is 0 Å². The van der Waals surface area contributed by atoms with Crippen molar-refractivity contribution in [3.05, 3.63) is 22.7 Å². The highest BCUT2D eigenvalue weighted by atomic mass is 35.5. The van der Waals surface area contributed by atoms with Crippen LogP contribution < -0.4 is 11.1 Å². The van der Waals surface area contributed by atoms with Crippen LogP contribution in [0.25, 0.3) is 0 Å². The van der Waals surface area contributed by atoms with E-state index in [9.17, 15) is 0 Å². The molecule has 0 bridgehead atoms. The van der Waals surface area contributed by atoms with Crippen LogP contribution in [-0.2, 0) is 0 Å². The fourth-order valence-corrected chi connectivity index (χ4v) is 1.96. The monoisotopic (exact) mass is 254 g/mol. The molecule has 17 heavy (non-hydrogen) atoms. The highest BCUT2D eigenvalue weighted by molar-refractivity contribution is 6.31. The van der Waals surface area contributed by atoms with Crippen molar-refractivity contribution in [2.45, 2.75) is 46.6 Å². The molecule has 0 aromatic heterocycles. The molecule has 0 fully saturated rings.